The van der Waals surface area contributed by atoms with E-state index in [9.17, 15) is 4.79 Å². The smallest absolute Gasteiger partial charge is 0.242 e. The quantitative estimate of drug-likeness (QED) is 0.860. The number of nitrogens with two attached hydrogens (primary N) is 1. The lowest BCUT2D eigenvalue weighted by Crippen LogP contribution is -2.51. The summed E-state index contributed by atoms with van der Waals surface area (Å²) in [7, 11) is 1.76. The Bertz CT molecular complexity index is 401. The van der Waals surface area contributed by atoms with Crippen molar-refractivity contribution >= 4 is 5.91 Å². The second-order valence-corrected chi connectivity index (χ2v) is 4.70. The number of nitrogens with zero attached hydrogens (tertiary/aromatic N) is 2. The van der Waals surface area contributed by atoms with E-state index in [0.29, 0.717) is 13.0 Å². The minimum absolute atomic E-state index is 0.0525. The lowest BCUT2D eigenvalue weighted by molar-refractivity contribution is -0.135. The second-order valence-electron chi connectivity index (χ2n) is 4.70. The predicted octanol–water partition coefficient (Wildman–Crippen LogP) is 1.48. The third kappa shape index (κ3) is 3.53. The van der Waals surface area contributed by atoms with E-state index in [2.05, 4.69) is 4.98 Å². The molecule has 0 saturated heterocycles. The number of rotatable bonds is 4. The lowest BCUT2D eigenvalue weighted by atomic mass is 9.99. The van der Waals surface area contributed by atoms with Gasteiger partial charge in [0.2, 0.25) is 5.91 Å². The van der Waals surface area contributed by atoms with Crippen molar-refractivity contribution in [1.82, 2.24) is 9.88 Å². The van der Waals surface area contributed by atoms with Crippen LogP contribution in [0, 0.1) is 6.92 Å². The van der Waals surface area contributed by atoms with Crippen LogP contribution in [0.2, 0.25) is 0 Å². The van der Waals surface area contributed by atoms with Crippen molar-refractivity contribution in [3.63, 3.8) is 0 Å². The second kappa shape index (κ2) is 5.27. The van der Waals surface area contributed by atoms with E-state index < -0.39 is 5.54 Å². The Morgan fingerprint density at radius 1 is 1.53 bits per heavy atom. The molecule has 0 bridgehead atoms. The monoisotopic (exact) mass is 235 g/mol. The first kappa shape index (κ1) is 13.6. The number of aromatic nitrogens is 1. The molecule has 0 spiro atoms. The Hall–Kier alpha value is -1.42. The highest BCUT2D eigenvalue weighted by Crippen LogP contribution is 2.11. The average molecular weight is 235 g/mol. The number of carbonyl (C=O) groups is 1. The van der Waals surface area contributed by atoms with Gasteiger partial charge in [0, 0.05) is 12.7 Å². The molecular formula is C13H21N3O. The fraction of sp³-hybridized carbons (Fsp3) is 0.538. The molecule has 0 aliphatic carbocycles. The normalized spacial score (nSPS) is 14.2. The fourth-order valence-corrected chi connectivity index (χ4v) is 1.59. The predicted molar refractivity (Wildman–Crippen MR) is 68.3 cm³/mol. The molecule has 1 aromatic rings. The maximum atomic E-state index is 12.1. The van der Waals surface area contributed by atoms with E-state index in [-0.39, 0.29) is 5.91 Å². The first-order chi connectivity index (χ1) is 7.86. The summed E-state index contributed by atoms with van der Waals surface area (Å²) >= 11 is 0. The van der Waals surface area contributed by atoms with Crippen molar-refractivity contribution in [2.75, 3.05) is 7.05 Å². The van der Waals surface area contributed by atoms with Crippen molar-refractivity contribution in [2.45, 2.75) is 39.3 Å². The zero-order valence-electron chi connectivity index (χ0n) is 11.0. The standard InChI is InChI=1S/C13H21N3O/c1-5-13(3,14)12(17)16(4)9-11-8-6-7-10(2)15-11/h6-8H,5,9,14H2,1-4H3. The number of pyridine rings is 1. The summed E-state index contributed by atoms with van der Waals surface area (Å²) in [4.78, 5) is 18.1. The van der Waals surface area contributed by atoms with Gasteiger partial charge in [0.05, 0.1) is 17.8 Å². The van der Waals surface area contributed by atoms with Crippen LogP contribution in [0.4, 0.5) is 0 Å². The zero-order valence-corrected chi connectivity index (χ0v) is 11.0. The SMILES string of the molecule is CCC(C)(N)C(=O)N(C)Cc1cccc(C)n1. The summed E-state index contributed by atoms with van der Waals surface area (Å²) in [6.45, 7) is 6.10. The maximum Gasteiger partial charge on any atom is 0.242 e. The molecule has 1 heterocycles. The first-order valence-corrected chi connectivity index (χ1v) is 5.84. The fourth-order valence-electron chi connectivity index (χ4n) is 1.59. The topological polar surface area (TPSA) is 59.2 Å². The van der Waals surface area contributed by atoms with E-state index in [1.54, 1.807) is 18.9 Å². The van der Waals surface area contributed by atoms with E-state index in [1.165, 1.54) is 0 Å². The van der Waals surface area contributed by atoms with E-state index in [4.69, 9.17) is 5.73 Å². The van der Waals surface area contributed by atoms with Crippen molar-refractivity contribution in [1.29, 1.82) is 0 Å². The molecular weight excluding hydrogens is 214 g/mol. The van der Waals surface area contributed by atoms with Crippen LogP contribution in [-0.4, -0.2) is 28.4 Å². The van der Waals surface area contributed by atoms with Gasteiger partial charge in [-0.1, -0.05) is 13.0 Å². The van der Waals surface area contributed by atoms with Crippen molar-refractivity contribution in [2.24, 2.45) is 5.73 Å². The highest BCUT2D eigenvalue weighted by molar-refractivity contribution is 5.85. The summed E-state index contributed by atoms with van der Waals surface area (Å²) in [5.41, 5.74) is 6.97. The Labute approximate surface area is 103 Å². The molecule has 0 aliphatic rings. The Kier molecular flexibility index (Phi) is 4.23. The first-order valence-electron chi connectivity index (χ1n) is 5.84. The Morgan fingerprint density at radius 3 is 2.71 bits per heavy atom. The summed E-state index contributed by atoms with van der Waals surface area (Å²) in [5.74, 6) is -0.0525. The summed E-state index contributed by atoms with van der Waals surface area (Å²) < 4.78 is 0. The van der Waals surface area contributed by atoms with Crippen LogP contribution >= 0.6 is 0 Å². The highest BCUT2D eigenvalue weighted by Gasteiger charge is 2.29. The summed E-state index contributed by atoms with van der Waals surface area (Å²) in [6.07, 6.45) is 0.622. The zero-order chi connectivity index (χ0) is 13.1. The molecule has 4 nitrogen and oxygen atoms in total. The lowest BCUT2D eigenvalue weighted by Gasteiger charge is -2.28. The third-order valence-electron chi connectivity index (χ3n) is 2.91. The highest BCUT2D eigenvalue weighted by atomic mass is 16.2. The van der Waals surface area contributed by atoms with Crippen LogP contribution in [0.3, 0.4) is 0 Å². The van der Waals surface area contributed by atoms with Crippen LogP contribution in [0.25, 0.3) is 0 Å². The van der Waals surface area contributed by atoms with Gasteiger partial charge in [0.25, 0.3) is 0 Å². The van der Waals surface area contributed by atoms with Crippen molar-refractivity contribution < 1.29 is 4.79 Å². The van der Waals surface area contributed by atoms with Crippen LogP contribution in [0.15, 0.2) is 18.2 Å². The van der Waals surface area contributed by atoms with Crippen molar-refractivity contribution in [3.05, 3.63) is 29.6 Å². The van der Waals surface area contributed by atoms with Gasteiger partial charge in [-0.25, -0.2) is 0 Å². The number of hydrogen-bond donors (Lipinski definition) is 1. The van der Waals surface area contributed by atoms with Gasteiger partial charge in [0.1, 0.15) is 0 Å². The Balaban J connectivity index is 2.73. The molecule has 17 heavy (non-hydrogen) atoms. The van der Waals surface area contributed by atoms with Gasteiger partial charge in [0.15, 0.2) is 0 Å². The molecule has 1 aromatic heterocycles. The van der Waals surface area contributed by atoms with Gasteiger partial charge in [-0.05, 0) is 32.4 Å². The number of carbonyl (C=O) groups excluding carboxylic acids is 1. The summed E-state index contributed by atoms with van der Waals surface area (Å²) in [5, 5.41) is 0. The van der Waals surface area contributed by atoms with Crippen LogP contribution in [-0.2, 0) is 11.3 Å². The van der Waals surface area contributed by atoms with Gasteiger partial charge >= 0.3 is 0 Å². The number of amides is 1. The van der Waals surface area contributed by atoms with Gasteiger partial charge < -0.3 is 10.6 Å². The number of hydrogen-bond acceptors (Lipinski definition) is 3. The molecule has 4 heteroatoms. The van der Waals surface area contributed by atoms with Crippen LogP contribution in [0.5, 0.6) is 0 Å². The molecule has 1 rings (SSSR count). The molecule has 1 amide bonds. The molecule has 0 saturated carbocycles. The molecule has 1 unspecified atom stereocenters. The van der Waals surface area contributed by atoms with Crippen LogP contribution < -0.4 is 5.73 Å². The van der Waals surface area contributed by atoms with Crippen molar-refractivity contribution in [3.8, 4) is 0 Å². The van der Waals surface area contributed by atoms with Gasteiger partial charge in [-0.2, -0.15) is 0 Å². The number of likely N-dealkylation sites (N-methyl/N-ethyl adjacent to an activating group) is 1. The Morgan fingerprint density at radius 2 is 2.18 bits per heavy atom. The number of aryl methyl sites for hydroxylation is 1. The molecule has 1 atom stereocenters. The van der Waals surface area contributed by atoms with E-state index >= 15 is 0 Å². The van der Waals surface area contributed by atoms with Gasteiger partial charge in [-0.15, -0.1) is 0 Å². The minimum Gasteiger partial charge on any atom is -0.338 e. The molecule has 0 fully saturated rings. The van der Waals surface area contributed by atoms with E-state index in [1.807, 2.05) is 32.0 Å². The minimum atomic E-state index is -0.793. The molecule has 94 valence electrons. The van der Waals surface area contributed by atoms with E-state index in [0.717, 1.165) is 11.4 Å². The molecule has 0 aliphatic heterocycles. The molecule has 0 radical (unpaired) electrons. The van der Waals surface area contributed by atoms with Gasteiger partial charge in [-0.3, -0.25) is 9.78 Å². The third-order valence-corrected chi connectivity index (χ3v) is 2.91. The molecule has 2 N–H and O–H groups in total. The average Bonchev–Trinajstić information content (AvgIpc) is 2.28. The largest absolute Gasteiger partial charge is 0.338 e. The molecule has 0 aromatic carbocycles. The van der Waals surface area contributed by atoms with Crippen LogP contribution in [0.1, 0.15) is 31.7 Å². The summed E-state index contributed by atoms with van der Waals surface area (Å²) in [6, 6.07) is 5.79. The maximum absolute atomic E-state index is 12.1.